The van der Waals surface area contributed by atoms with Crippen LogP contribution >= 0.6 is 11.8 Å². The van der Waals surface area contributed by atoms with Crippen LogP contribution in [-0.2, 0) is 4.79 Å². The van der Waals surface area contributed by atoms with Crippen LogP contribution in [0.1, 0.15) is 0 Å². The first-order valence-electron chi connectivity index (χ1n) is 6.71. The van der Waals surface area contributed by atoms with Crippen LogP contribution in [0, 0.1) is 0 Å². The third-order valence-electron chi connectivity index (χ3n) is 3.35. The van der Waals surface area contributed by atoms with E-state index in [1.165, 1.54) is 11.8 Å². The van der Waals surface area contributed by atoms with Crippen LogP contribution < -0.4 is 16.0 Å². The van der Waals surface area contributed by atoms with Gasteiger partial charge in [0.15, 0.2) is 0 Å². The second kappa shape index (κ2) is 6.21. The predicted molar refractivity (Wildman–Crippen MR) is 88.9 cm³/mol. The number of nitrogens with zero attached hydrogens (tertiary/aromatic N) is 1. The van der Waals surface area contributed by atoms with Gasteiger partial charge in [-0.05, 0) is 24.3 Å². The second-order valence-electron chi connectivity index (χ2n) is 4.70. The number of amides is 1. The molecule has 0 unspecified atom stereocenters. The summed E-state index contributed by atoms with van der Waals surface area (Å²) in [5, 5.41) is 1.98. The van der Waals surface area contributed by atoms with Gasteiger partial charge < -0.3 is 4.74 Å². The zero-order valence-electron chi connectivity index (χ0n) is 12.0. The number of nitrogens with two attached hydrogens (primary N) is 1. The van der Waals surface area contributed by atoms with Gasteiger partial charge in [0.25, 0.3) is 0 Å². The molecule has 1 amide bonds. The van der Waals surface area contributed by atoms with Gasteiger partial charge >= 0.3 is 0 Å². The van der Waals surface area contributed by atoms with Crippen LogP contribution in [0.2, 0.25) is 0 Å². The van der Waals surface area contributed by atoms with Crippen molar-refractivity contribution in [2.45, 2.75) is 4.90 Å². The molecule has 0 radical (unpaired) electrons. The van der Waals surface area contributed by atoms with E-state index in [-0.39, 0.29) is 11.7 Å². The number of thioether (sulfide) groups is 1. The number of hydrogen-bond acceptors (Lipinski definition) is 5. The topological polar surface area (TPSA) is 77.2 Å². The minimum atomic E-state index is -0.220. The van der Waals surface area contributed by atoms with E-state index in [1.807, 2.05) is 42.5 Å². The number of pyridine rings is 1. The number of fused-ring (bicyclic) bond motifs is 2. The molecular formula is C16H15N3O2S. The van der Waals surface area contributed by atoms with Crippen LogP contribution in [0.25, 0.3) is 21.8 Å². The Balaban J connectivity index is 2.22. The van der Waals surface area contributed by atoms with E-state index < -0.39 is 0 Å². The Kier molecular flexibility index (Phi) is 4.13. The first-order chi connectivity index (χ1) is 10.7. The van der Waals surface area contributed by atoms with Crippen LogP contribution in [-0.4, -0.2) is 23.8 Å². The van der Waals surface area contributed by atoms with E-state index in [1.54, 1.807) is 7.11 Å². The maximum atomic E-state index is 11.5. The molecule has 0 saturated carbocycles. The molecule has 3 N–H and O–H groups in total. The van der Waals surface area contributed by atoms with Crippen molar-refractivity contribution in [1.82, 2.24) is 10.4 Å². The molecule has 2 aromatic carbocycles. The lowest BCUT2D eigenvalue weighted by molar-refractivity contribution is -0.118. The van der Waals surface area contributed by atoms with Crippen LogP contribution in [0.4, 0.5) is 0 Å². The Labute approximate surface area is 131 Å². The van der Waals surface area contributed by atoms with Crippen LogP contribution in [0.5, 0.6) is 5.75 Å². The summed E-state index contributed by atoms with van der Waals surface area (Å²) in [6.07, 6.45) is 0. The number of para-hydroxylation sites is 1. The maximum Gasteiger partial charge on any atom is 0.244 e. The summed E-state index contributed by atoms with van der Waals surface area (Å²) >= 11 is 1.44. The third-order valence-corrected chi connectivity index (χ3v) is 4.48. The molecule has 0 atom stereocenters. The Hall–Kier alpha value is -2.31. The monoisotopic (exact) mass is 313 g/mol. The van der Waals surface area contributed by atoms with Crippen molar-refractivity contribution in [3.8, 4) is 5.75 Å². The van der Waals surface area contributed by atoms with Crippen molar-refractivity contribution in [1.29, 1.82) is 0 Å². The van der Waals surface area contributed by atoms with Gasteiger partial charge in [-0.15, -0.1) is 11.8 Å². The summed E-state index contributed by atoms with van der Waals surface area (Å²) in [5.74, 6) is 5.95. The largest absolute Gasteiger partial charge is 0.497 e. The molecule has 5 nitrogen and oxygen atoms in total. The predicted octanol–water partition coefficient (Wildman–Crippen LogP) is 2.48. The van der Waals surface area contributed by atoms with Gasteiger partial charge in [-0.3, -0.25) is 10.2 Å². The van der Waals surface area contributed by atoms with E-state index in [2.05, 4.69) is 10.4 Å². The molecule has 112 valence electrons. The molecule has 3 aromatic rings. The Bertz CT molecular complexity index is 851. The number of hydrogen-bond donors (Lipinski definition) is 2. The van der Waals surface area contributed by atoms with E-state index in [9.17, 15) is 4.79 Å². The Morgan fingerprint density at radius 3 is 2.77 bits per heavy atom. The Morgan fingerprint density at radius 1 is 1.23 bits per heavy atom. The molecule has 1 heterocycles. The average molecular weight is 313 g/mol. The number of methoxy groups -OCH3 is 1. The first kappa shape index (κ1) is 14.6. The number of ether oxygens (including phenoxy) is 1. The fraction of sp³-hybridized carbons (Fsp3) is 0.125. The number of aromatic nitrogens is 1. The summed E-state index contributed by atoms with van der Waals surface area (Å²) in [7, 11) is 1.63. The number of hydrazine groups is 1. The number of nitrogens with one attached hydrogen (secondary N) is 1. The quantitative estimate of drug-likeness (QED) is 0.254. The first-order valence-corrected chi connectivity index (χ1v) is 7.70. The number of carbonyl (C=O) groups excluding carboxylic acids is 1. The fourth-order valence-electron chi connectivity index (χ4n) is 2.29. The van der Waals surface area contributed by atoms with Gasteiger partial charge in [-0.25, -0.2) is 10.8 Å². The lowest BCUT2D eigenvalue weighted by Crippen LogP contribution is -2.31. The normalized spacial score (nSPS) is 10.8. The summed E-state index contributed by atoms with van der Waals surface area (Å²) in [5.41, 5.74) is 3.92. The number of carbonyl (C=O) groups is 1. The van der Waals surface area contributed by atoms with Crippen molar-refractivity contribution in [2.75, 3.05) is 12.9 Å². The third kappa shape index (κ3) is 2.70. The minimum Gasteiger partial charge on any atom is -0.497 e. The lowest BCUT2D eigenvalue weighted by atomic mass is 10.1. The van der Waals surface area contributed by atoms with Gasteiger partial charge in [-0.2, -0.15) is 0 Å². The number of rotatable bonds is 4. The highest BCUT2D eigenvalue weighted by Crippen LogP contribution is 2.35. The molecule has 1 aromatic heterocycles. The summed E-state index contributed by atoms with van der Waals surface area (Å²) in [6, 6.07) is 13.6. The second-order valence-corrected chi connectivity index (χ2v) is 5.68. The number of benzene rings is 2. The van der Waals surface area contributed by atoms with E-state index in [4.69, 9.17) is 10.6 Å². The fourth-order valence-corrected chi connectivity index (χ4v) is 3.30. The van der Waals surface area contributed by atoms with Crippen molar-refractivity contribution in [2.24, 2.45) is 5.84 Å². The molecule has 0 bridgehead atoms. The van der Waals surface area contributed by atoms with Crippen molar-refractivity contribution in [3.05, 3.63) is 42.5 Å². The molecule has 0 aliphatic heterocycles. The highest BCUT2D eigenvalue weighted by molar-refractivity contribution is 8.00. The molecular weight excluding hydrogens is 298 g/mol. The highest BCUT2D eigenvalue weighted by atomic mass is 32.2. The van der Waals surface area contributed by atoms with E-state index >= 15 is 0 Å². The van der Waals surface area contributed by atoms with E-state index in [0.717, 1.165) is 32.5 Å². The molecule has 22 heavy (non-hydrogen) atoms. The SMILES string of the molecule is COc1ccc2nc3ccccc3c(SCC(=O)NN)c2c1. The molecule has 0 fully saturated rings. The zero-order valence-corrected chi connectivity index (χ0v) is 12.8. The Morgan fingerprint density at radius 2 is 2.00 bits per heavy atom. The molecule has 0 spiro atoms. The van der Waals surface area contributed by atoms with Gasteiger partial charge in [0.2, 0.25) is 5.91 Å². The van der Waals surface area contributed by atoms with Gasteiger partial charge in [0.1, 0.15) is 5.75 Å². The minimum absolute atomic E-state index is 0.220. The standard InChI is InChI=1S/C16H15N3O2S/c1-21-10-6-7-14-12(8-10)16(22-9-15(20)19-17)11-4-2-3-5-13(11)18-14/h2-8H,9,17H2,1H3,(H,19,20). The molecule has 3 rings (SSSR count). The van der Waals surface area contributed by atoms with Gasteiger partial charge in [0.05, 0.1) is 23.9 Å². The molecule has 0 saturated heterocycles. The highest BCUT2D eigenvalue weighted by Gasteiger charge is 2.12. The average Bonchev–Trinajstić information content (AvgIpc) is 2.57. The maximum absolute atomic E-state index is 11.5. The zero-order chi connectivity index (χ0) is 15.5. The van der Waals surface area contributed by atoms with Crippen molar-refractivity contribution in [3.63, 3.8) is 0 Å². The molecule has 0 aliphatic carbocycles. The van der Waals surface area contributed by atoms with Gasteiger partial charge in [0, 0.05) is 15.7 Å². The molecule has 6 heteroatoms. The van der Waals surface area contributed by atoms with Crippen LogP contribution in [0.3, 0.4) is 0 Å². The van der Waals surface area contributed by atoms with Crippen molar-refractivity contribution < 1.29 is 9.53 Å². The molecule has 0 aliphatic rings. The van der Waals surface area contributed by atoms with Crippen molar-refractivity contribution >= 4 is 39.5 Å². The summed E-state index contributed by atoms with van der Waals surface area (Å²) < 4.78 is 5.30. The van der Waals surface area contributed by atoms with E-state index in [0.29, 0.717) is 0 Å². The summed E-state index contributed by atoms with van der Waals surface area (Å²) in [4.78, 5) is 17.2. The van der Waals surface area contributed by atoms with Crippen LogP contribution in [0.15, 0.2) is 47.4 Å². The lowest BCUT2D eigenvalue weighted by Gasteiger charge is -2.11. The van der Waals surface area contributed by atoms with Gasteiger partial charge in [-0.1, -0.05) is 18.2 Å². The smallest absolute Gasteiger partial charge is 0.244 e. The summed E-state index contributed by atoms with van der Waals surface area (Å²) in [6.45, 7) is 0.